The van der Waals surface area contributed by atoms with Crippen LogP contribution < -0.4 is 14.8 Å². The predicted molar refractivity (Wildman–Crippen MR) is 86.8 cm³/mol. The van der Waals surface area contributed by atoms with Gasteiger partial charge in [0.25, 0.3) is 5.91 Å². The third-order valence-electron chi connectivity index (χ3n) is 3.09. The molecule has 1 aliphatic rings. The van der Waals surface area contributed by atoms with Crippen molar-refractivity contribution in [3.8, 4) is 11.5 Å². The minimum Gasteiger partial charge on any atom is -0.490 e. The van der Waals surface area contributed by atoms with Crippen LogP contribution in [0.25, 0.3) is 0 Å². The van der Waals surface area contributed by atoms with E-state index < -0.39 is 0 Å². The van der Waals surface area contributed by atoms with E-state index in [9.17, 15) is 4.79 Å². The van der Waals surface area contributed by atoms with Crippen molar-refractivity contribution in [1.29, 1.82) is 0 Å². The Labute approximate surface area is 135 Å². The van der Waals surface area contributed by atoms with Crippen molar-refractivity contribution in [2.24, 2.45) is 0 Å². The second kappa shape index (κ2) is 6.07. The monoisotopic (exact) mass is 367 g/mol. The highest BCUT2D eigenvalue weighted by Crippen LogP contribution is 2.33. The molecular formula is C15H14BrNO3S. The molecule has 0 fully saturated rings. The summed E-state index contributed by atoms with van der Waals surface area (Å²) in [5.41, 5.74) is 1.76. The molecule has 1 N–H and O–H groups in total. The maximum absolute atomic E-state index is 12.2. The van der Waals surface area contributed by atoms with Crippen LogP contribution in [0.15, 0.2) is 28.1 Å². The summed E-state index contributed by atoms with van der Waals surface area (Å²) < 4.78 is 12.2. The standard InChI is InChI=1S/C15H14BrNO3S/c1-9-7-13(21-14(9)16)15(18)17-10-3-4-11-12(8-10)20-6-2-5-19-11/h3-4,7-8H,2,5-6H2,1H3,(H,17,18). The van der Waals surface area contributed by atoms with Crippen molar-refractivity contribution < 1.29 is 14.3 Å². The third-order valence-corrected chi connectivity index (χ3v) is 5.22. The highest BCUT2D eigenvalue weighted by molar-refractivity contribution is 9.11. The van der Waals surface area contributed by atoms with E-state index in [0.717, 1.165) is 21.5 Å². The summed E-state index contributed by atoms with van der Waals surface area (Å²) in [4.78, 5) is 12.9. The second-order valence-corrected chi connectivity index (χ2v) is 7.10. The van der Waals surface area contributed by atoms with Crippen LogP contribution in [-0.4, -0.2) is 19.1 Å². The molecule has 0 atom stereocenters. The molecule has 0 saturated carbocycles. The zero-order chi connectivity index (χ0) is 14.8. The van der Waals surface area contributed by atoms with Crippen molar-refractivity contribution >= 4 is 38.9 Å². The fraction of sp³-hybridized carbons (Fsp3) is 0.267. The Morgan fingerprint density at radius 3 is 2.71 bits per heavy atom. The molecule has 2 heterocycles. The molecule has 110 valence electrons. The van der Waals surface area contributed by atoms with E-state index in [2.05, 4.69) is 21.2 Å². The molecule has 0 radical (unpaired) electrons. The van der Waals surface area contributed by atoms with Gasteiger partial charge in [-0.25, -0.2) is 0 Å². The number of thiophene rings is 1. The minimum atomic E-state index is -0.122. The van der Waals surface area contributed by atoms with Crippen LogP contribution in [0.5, 0.6) is 11.5 Å². The predicted octanol–water partition coefficient (Wildman–Crippen LogP) is 4.23. The van der Waals surface area contributed by atoms with Crippen LogP contribution in [0, 0.1) is 6.92 Å². The number of nitrogens with one attached hydrogen (secondary N) is 1. The van der Waals surface area contributed by atoms with Crippen LogP contribution in [0.2, 0.25) is 0 Å². The van der Waals surface area contributed by atoms with Crippen molar-refractivity contribution in [2.45, 2.75) is 13.3 Å². The van der Waals surface area contributed by atoms with E-state index in [1.165, 1.54) is 11.3 Å². The van der Waals surface area contributed by atoms with Crippen LogP contribution in [0.4, 0.5) is 5.69 Å². The van der Waals surface area contributed by atoms with Crippen LogP contribution >= 0.6 is 27.3 Å². The highest BCUT2D eigenvalue weighted by Gasteiger charge is 2.14. The maximum Gasteiger partial charge on any atom is 0.265 e. The summed E-state index contributed by atoms with van der Waals surface area (Å²) in [6.07, 6.45) is 0.860. The lowest BCUT2D eigenvalue weighted by Gasteiger charge is -2.09. The third kappa shape index (κ3) is 3.22. The van der Waals surface area contributed by atoms with Crippen LogP contribution in [0.1, 0.15) is 21.7 Å². The molecule has 3 rings (SSSR count). The Balaban J connectivity index is 1.78. The van der Waals surface area contributed by atoms with E-state index in [1.54, 1.807) is 6.07 Å². The average Bonchev–Trinajstić information content (AvgIpc) is 2.68. The van der Waals surface area contributed by atoms with Crippen molar-refractivity contribution in [2.75, 3.05) is 18.5 Å². The fourth-order valence-electron chi connectivity index (χ4n) is 2.01. The van der Waals surface area contributed by atoms with Gasteiger partial charge in [-0.05, 0) is 46.6 Å². The van der Waals surface area contributed by atoms with E-state index in [-0.39, 0.29) is 5.91 Å². The molecule has 0 saturated heterocycles. The molecule has 1 amide bonds. The molecule has 0 unspecified atom stereocenters. The summed E-state index contributed by atoms with van der Waals surface area (Å²) in [7, 11) is 0. The smallest absolute Gasteiger partial charge is 0.265 e. The van der Waals surface area contributed by atoms with Gasteiger partial charge in [-0.3, -0.25) is 4.79 Å². The Bertz CT molecular complexity index is 664. The lowest BCUT2D eigenvalue weighted by atomic mass is 10.2. The Kier molecular flexibility index (Phi) is 4.17. The minimum absolute atomic E-state index is 0.122. The molecule has 0 aliphatic carbocycles. The second-order valence-electron chi connectivity index (χ2n) is 4.73. The zero-order valence-corrected chi connectivity index (χ0v) is 13.8. The maximum atomic E-state index is 12.2. The number of aryl methyl sites for hydroxylation is 1. The van der Waals surface area contributed by atoms with Gasteiger partial charge >= 0.3 is 0 Å². The number of rotatable bonds is 2. The van der Waals surface area contributed by atoms with Crippen molar-refractivity contribution in [3.05, 3.63) is 38.5 Å². The van der Waals surface area contributed by atoms with Gasteiger partial charge in [0.1, 0.15) is 0 Å². The van der Waals surface area contributed by atoms with Gasteiger partial charge in [0.15, 0.2) is 11.5 Å². The van der Waals surface area contributed by atoms with Gasteiger partial charge in [0.05, 0.1) is 21.9 Å². The van der Waals surface area contributed by atoms with Gasteiger partial charge in [-0.1, -0.05) is 0 Å². The first-order valence-corrected chi connectivity index (χ1v) is 8.21. The van der Waals surface area contributed by atoms with Gasteiger partial charge in [0, 0.05) is 18.2 Å². The molecule has 1 aromatic carbocycles. The fourth-order valence-corrected chi connectivity index (χ4v) is 3.44. The number of fused-ring (bicyclic) bond motifs is 1. The van der Waals surface area contributed by atoms with E-state index in [1.807, 2.05) is 25.1 Å². The molecule has 4 nitrogen and oxygen atoms in total. The number of carbonyl (C=O) groups is 1. The summed E-state index contributed by atoms with van der Waals surface area (Å²) in [5, 5.41) is 2.88. The molecular weight excluding hydrogens is 354 g/mol. The van der Waals surface area contributed by atoms with Crippen LogP contribution in [0.3, 0.4) is 0 Å². The zero-order valence-electron chi connectivity index (χ0n) is 11.4. The lowest BCUT2D eigenvalue weighted by Crippen LogP contribution is -2.10. The molecule has 21 heavy (non-hydrogen) atoms. The normalized spacial score (nSPS) is 13.6. The Morgan fingerprint density at radius 2 is 2.00 bits per heavy atom. The molecule has 0 spiro atoms. The number of hydrogen-bond donors (Lipinski definition) is 1. The lowest BCUT2D eigenvalue weighted by molar-refractivity contribution is 0.103. The van der Waals surface area contributed by atoms with Gasteiger partial charge < -0.3 is 14.8 Å². The summed E-state index contributed by atoms with van der Waals surface area (Å²) in [6, 6.07) is 7.31. The highest BCUT2D eigenvalue weighted by atomic mass is 79.9. The summed E-state index contributed by atoms with van der Waals surface area (Å²) >= 11 is 4.85. The molecule has 1 aromatic heterocycles. The first-order chi connectivity index (χ1) is 10.1. The van der Waals surface area contributed by atoms with E-state index >= 15 is 0 Å². The number of carbonyl (C=O) groups excluding carboxylic acids is 1. The Hall–Kier alpha value is -1.53. The van der Waals surface area contributed by atoms with Gasteiger partial charge in [-0.2, -0.15) is 0 Å². The molecule has 0 bridgehead atoms. The van der Waals surface area contributed by atoms with E-state index in [4.69, 9.17) is 9.47 Å². The quantitative estimate of drug-likeness (QED) is 0.863. The number of benzene rings is 1. The van der Waals surface area contributed by atoms with Crippen molar-refractivity contribution in [3.63, 3.8) is 0 Å². The largest absolute Gasteiger partial charge is 0.490 e. The van der Waals surface area contributed by atoms with Gasteiger partial charge in [-0.15, -0.1) is 11.3 Å². The summed E-state index contributed by atoms with van der Waals surface area (Å²) in [5.74, 6) is 1.28. The number of hydrogen-bond acceptors (Lipinski definition) is 4. The van der Waals surface area contributed by atoms with E-state index in [0.29, 0.717) is 29.5 Å². The number of halogens is 1. The number of ether oxygens (including phenoxy) is 2. The summed E-state index contributed by atoms with van der Waals surface area (Å²) in [6.45, 7) is 3.24. The average molecular weight is 368 g/mol. The number of amides is 1. The Morgan fingerprint density at radius 1 is 1.24 bits per heavy atom. The first kappa shape index (κ1) is 14.4. The molecule has 6 heteroatoms. The topological polar surface area (TPSA) is 47.6 Å². The first-order valence-electron chi connectivity index (χ1n) is 6.60. The van der Waals surface area contributed by atoms with Crippen LogP contribution in [-0.2, 0) is 0 Å². The molecule has 2 aromatic rings. The van der Waals surface area contributed by atoms with Crippen molar-refractivity contribution in [1.82, 2.24) is 0 Å². The SMILES string of the molecule is Cc1cc(C(=O)Nc2ccc3c(c2)OCCCO3)sc1Br. The molecule has 1 aliphatic heterocycles. The van der Waals surface area contributed by atoms with Gasteiger partial charge in [0.2, 0.25) is 0 Å². The number of anilines is 1.